The van der Waals surface area contributed by atoms with Crippen molar-refractivity contribution in [1.29, 1.82) is 0 Å². The third kappa shape index (κ3) is 3.72. The molecule has 0 radical (unpaired) electrons. The van der Waals surface area contributed by atoms with Crippen LogP contribution in [0.3, 0.4) is 0 Å². The number of benzene rings is 2. The fourth-order valence-electron chi connectivity index (χ4n) is 2.69. The van der Waals surface area contributed by atoms with E-state index in [1.807, 2.05) is 43.0 Å². The van der Waals surface area contributed by atoms with Crippen LogP contribution < -0.4 is 4.74 Å². The zero-order valence-corrected chi connectivity index (χ0v) is 15.4. The van der Waals surface area contributed by atoms with Gasteiger partial charge in [0.25, 0.3) is 0 Å². The standard InChI is InChI=1S/C20H24N4O/c1-14-9-10-16(11-15(14)2)20-21-19(13-23(3)4)22-24(20)17-7-6-8-18(12-17)25-5/h6-12H,13H2,1-5H3. The SMILES string of the molecule is COc1cccc(-n2nc(CN(C)C)nc2-c2ccc(C)c(C)c2)c1. The van der Waals surface area contributed by atoms with Crippen LogP contribution in [0, 0.1) is 13.8 Å². The zero-order valence-electron chi connectivity index (χ0n) is 15.4. The molecule has 1 aromatic heterocycles. The van der Waals surface area contributed by atoms with Crippen LogP contribution in [0.4, 0.5) is 0 Å². The molecule has 0 saturated heterocycles. The van der Waals surface area contributed by atoms with Gasteiger partial charge in [-0.1, -0.05) is 18.2 Å². The number of methoxy groups -OCH3 is 1. The summed E-state index contributed by atoms with van der Waals surface area (Å²) in [6.45, 7) is 4.92. The van der Waals surface area contributed by atoms with Crippen molar-refractivity contribution < 1.29 is 4.74 Å². The van der Waals surface area contributed by atoms with E-state index in [2.05, 4.69) is 36.9 Å². The van der Waals surface area contributed by atoms with Crippen LogP contribution in [0.25, 0.3) is 17.1 Å². The molecule has 0 N–H and O–H groups in total. The molecular weight excluding hydrogens is 312 g/mol. The predicted octanol–water partition coefficient (Wildman–Crippen LogP) is 3.62. The largest absolute Gasteiger partial charge is 0.497 e. The summed E-state index contributed by atoms with van der Waals surface area (Å²) >= 11 is 0. The minimum Gasteiger partial charge on any atom is -0.497 e. The molecule has 0 aliphatic rings. The summed E-state index contributed by atoms with van der Waals surface area (Å²) in [6, 6.07) is 14.3. The van der Waals surface area contributed by atoms with E-state index >= 15 is 0 Å². The maximum Gasteiger partial charge on any atom is 0.165 e. The topological polar surface area (TPSA) is 43.2 Å². The first-order valence-electron chi connectivity index (χ1n) is 8.30. The molecule has 3 aromatic rings. The summed E-state index contributed by atoms with van der Waals surface area (Å²) in [5, 5.41) is 4.73. The van der Waals surface area contributed by atoms with Crippen LogP contribution in [0.15, 0.2) is 42.5 Å². The van der Waals surface area contributed by atoms with E-state index in [1.54, 1.807) is 7.11 Å². The van der Waals surface area contributed by atoms with E-state index in [4.69, 9.17) is 14.8 Å². The average Bonchev–Trinajstić information content (AvgIpc) is 3.00. The van der Waals surface area contributed by atoms with Crippen molar-refractivity contribution in [2.45, 2.75) is 20.4 Å². The lowest BCUT2D eigenvalue weighted by Gasteiger charge is -2.09. The van der Waals surface area contributed by atoms with Crippen molar-refractivity contribution in [3.8, 4) is 22.8 Å². The van der Waals surface area contributed by atoms with Gasteiger partial charge in [0.05, 0.1) is 19.3 Å². The molecule has 130 valence electrons. The molecule has 3 rings (SSSR count). The van der Waals surface area contributed by atoms with Crippen molar-refractivity contribution >= 4 is 0 Å². The van der Waals surface area contributed by atoms with Gasteiger partial charge in [-0.15, -0.1) is 5.10 Å². The Labute approximate surface area is 148 Å². The van der Waals surface area contributed by atoms with Gasteiger partial charge in [0.1, 0.15) is 5.75 Å². The van der Waals surface area contributed by atoms with Crippen LogP contribution in [-0.4, -0.2) is 40.9 Å². The maximum atomic E-state index is 5.36. The molecule has 1 heterocycles. The Kier molecular flexibility index (Phi) is 4.86. The third-order valence-electron chi connectivity index (χ3n) is 4.17. The van der Waals surface area contributed by atoms with Gasteiger partial charge >= 0.3 is 0 Å². The fourth-order valence-corrected chi connectivity index (χ4v) is 2.69. The molecule has 0 aliphatic carbocycles. The van der Waals surface area contributed by atoms with Crippen LogP contribution >= 0.6 is 0 Å². The van der Waals surface area contributed by atoms with Crippen molar-refractivity contribution in [3.05, 3.63) is 59.4 Å². The average molecular weight is 336 g/mol. The maximum absolute atomic E-state index is 5.36. The number of rotatable bonds is 5. The number of aryl methyl sites for hydroxylation is 2. The van der Waals surface area contributed by atoms with Gasteiger partial charge < -0.3 is 9.64 Å². The summed E-state index contributed by atoms with van der Waals surface area (Å²) in [5.74, 6) is 2.43. The van der Waals surface area contributed by atoms with Crippen molar-refractivity contribution in [3.63, 3.8) is 0 Å². The smallest absolute Gasteiger partial charge is 0.165 e. The minimum atomic E-state index is 0.689. The summed E-state index contributed by atoms with van der Waals surface area (Å²) in [7, 11) is 5.70. The molecule has 25 heavy (non-hydrogen) atoms. The summed E-state index contributed by atoms with van der Waals surface area (Å²) in [6.07, 6.45) is 0. The summed E-state index contributed by atoms with van der Waals surface area (Å²) in [5.41, 5.74) is 4.50. The molecule has 5 nitrogen and oxygen atoms in total. The van der Waals surface area contributed by atoms with Gasteiger partial charge in [-0.25, -0.2) is 9.67 Å². The highest BCUT2D eigenvalue weighted by atomic mass is 16.5. The lowest BCUT2D eigenvalue weighted by molar-refractivity contribution is 0.390. The molecule has 0 saturated carbocycles. The van der Waals surface area contributed by atoms with Gasteiger partial charge in [0.2, 0.25) is 0 Å². The Morgan fingerprint density at radius 3 is 2.52 bits per heavy atom. The first kappa shape index (κ1) is 17.2. The van der Waals surface area contributed by atoms with Crippen LogP contribution in [0.1, 0.15) is 17.0 Å². The Bertz CT molecular complexity index is 883. The number of ether oxygens (including phenoxy) is 1. The number of hydrogen-bond acceptors (Lipinski definition) is 4. The van der Waals surface area contributed by atoms with Gasteiger partial charge in [-0.2, -0.15) is 0 Å². The van der Waals surface area contributed by atoms with Gasteiger partial charge in [0, 0.05) is 11.6 Å². The molecule has 5 heteroatoms. The normalized spacial score (nSPS) is 11.1. The molecule has 2 aromatic carbocycles. The lowest BCUT2D eigenvalue weighted by Crippen LogP contribution is -2.12. The molecular formula is C20H24N4O. The van der Waals surface area contributed by atoms with Crippen molar-refractivity contribution in [2.75, 3.05) is 21.2 Å². The van der Waals surface area contributed by atoms with Crippen molar-refractivity contribution in [1.82, 2.24) is 19.7 Å². The second-order valence-corrected chi connectivity index (χ2v) is 6.50. The summed E-state index contributed by atoms with van der Waals surface area (Å²) in [4.78, 5) is 6.86. The van der Waals surface area contributed by atoms with E-state index in [9.17, 15) is 0 Å². The molecule has 0 fully saturated rings. The number of aromatic nitrogens is 3. The lowest BCUT2D eigenvalue weighted by atomic mass is 10.1. The van der Waals surface area contributed by atoms with Crippen LogP contribution in [0.5, 0.6) is 5.75 Å². The highest BCUT2D eigenvalue weighted by Gasteiger charge is 2.15. The Hall–Kier alpha value is -2.66. The third-order valence-corrected chi connectivity index (χ3v) is 4.17. The van der Waals surface area contributed by atoms with Crippen LogP contribution in [0.2, 0.25) is 0 Å². The monoisotopic (exact) mass is 336 g/mol. The molecule has 0 atom stereocenters. The highest BCUT2D eigenvalue weighted by Crippen LogP contribution is 2.25. The molecule has 0 bridgehead atoms. The van der Waals surface area contributed by atoms with Crippen LogP contribution in [-0.2, 0) is 6.54 Å². The first-order chi connectivity index (χ1) is 12.0. The van der Waals surface area contributed by atoms with Gasteiger partial charge in [0.15, 0.2) is 11.6 Å². The second kappa shape index (κ2) is 7.07. The quantitative estimate of drug-likeness (QED) is 0.714. The van der Waals surface area contributed by atoms with E-state index < -0.39 is 0 Å². The molecule has 0 aliphatic heterocycles. The van der Waals surface area contributed by atoms with E-state index in [0.29, 0.717) is 6.54 Å². The Balaban J connectivity index is 2.14. The van der Waals surface area contributed by atoms with Gasteiger partial charge in [-0.3, -0.25) is 0 Å². The summed E-state index contributed by atoms with van der Waals surface area (Å²) < 4.78 is 7.25. The van der Waals surface area contributed by atoms with E-state index in [-0.39, 0.29) is 0 Å². The first-order valence-corrected chi connectivity index (χ1v) is 8.30. The molecule has 0 unspecified atom stereocenters. The predicted molar refractivity (Wildman–Crippen MR) is 100 cm³/mol. The second-order valence-electron chi connectivity index (χ2n) is 6.50. The van der Waals surface area contributed by atoms with E-state index in [1.165, 1.54) is 11.1 Å². The zero-order chi connectivity index (χ0) is 18.0. The molecule has 0 spiro atoms. The Morgan fingerprint density at radius 2 is 1.84 bits per heavy atom. The molecule has 0 amide bonds. The highest BCUT2D eigenvalue weighted by molar-refractivity contribution is 5.60. The number of nitrogens with zero attached hydrogens (tertiary/aromatic N) is 4. The minimum absolute atomic E-state index is 0.689. The van der Waals surface area contributed by atoms with Crippen molar-refractivity contribution in [2.24, 2.45) is 0 Å². The Morgan fingerprint density at radius 1 is 1.04 bits per heavy atom. The fraction of sp³-hybridized carbons (Fsp3) is 0.300. The van der Waals surface area contributed by atoms with Gasteiger partial charge in [-0.05, 0) is 57.3 Å². The van der Waals surface area contributed by atoms with E-state index in [0.717, 1.165) is 28.6 Å². The number of hydrogen-bond donors (Lipinski definition) is 0.